The third-order valence-electron chi connectivity index (χ3n) is 3.54. The summed E-state index contributed by atoms with van der Waals surface area (Å²) in [5.41, 5.74) is 0.162. The Morgan fingerprint density at radius 3 is 2.28 bits per heavy atom. The summed E-state index contributed by atoms with van der Waals surface area (Å²) in [7, 11) is 0. The van der Waals surface area contributed by atoms with Crippen LogP contribution in [-0.2, 0) is 6.18 Å². The van der Waals surface area contributed by atoms with Crippen LogP contribution in [0.1, 0.15) is 38.2 Å². The number of nitrogens with one attached hydrogen (secondary N) is 1. The maximum Gasteiger partial charge on any atom is 0.416 e. The fourth-order valence-corrected chi connectivity index (χ4v) is 2.33. The lowest BCUT2D eigenvalue weighted by molar-refractivity contribution is -0.137. The Labute approximate surface area is 105 Å². The van der Waals surface area contributed by atoms with E-state index in [-0.39, 0.29) is 0 Å². The maximum atomic E-state index is 12.4. The smallest absolute Gasteiger partial charge is 0.383 e. The molecule has 1 fully saturated rings. The number of halogens is 3. The lowest BCUT2D eigenvalue weighted by atomic mass is 9.81. The average Bonchev–Trinajstić information content (AvgIpc) is 2.23. The van der Waals surface area contributed by atoms with E-state index in [1.165, 1.54) is 31.4 Å². The highest BCUT2D eigenvalue weighted by Crippen LogP contribution is 2.32. The van der Waals surface area contributed by atoms with Crippen LogP contribution in [0.15, 0.2) is 24.3 Å². The number of rotatable bonds is 4. The van der Waals surface area contributed by atoms with Crippen molar-refractivity contribution in [1.82, 2.24) is 0 Å². The van der Waals surface area contributed by atoms with E-state index in [2.05, 4.69) is 12.2 Å². The van der Waals surface area contributed by atoms with Gasteiger partial charge in [-0.3, -0.25) is 0 Å². The molecule has 0 bridgehead atoms. The summed E-state index contributed by atoms with van der Waals surface area (Å²) < 4.78 is 37.2. The SMILES string of the molecule is CC(CC1CCC1)Nc1ccc(C(F)(F)F)cc1. The van der Waals surface area contributed by atoms with Crippen LogP contribution < -0.4 is 5.32 Å². The molecule has 1 atom stereocenters. The fourth-order valence-electron chi connectivity index (χ4n) is 2.33. The Kier molecular flexibility index (Phi) is 3.83. The molecule has 1 saturated carbocycles. The van der Waals surface area contributed by atoms with E-state index in [4.69, 9.17) is 0 Å². The van der Waals surface area contributed by atoms with Gasteiger partial charge in [0.15, 0.2) is 0 Å². The van der Waals surface area contributed by atoms with Gasteiger partial charge in [0.2, 0.25) is 0 Å². The van der Waals surface area contributed by atoms with Crippen molar-refractivity contribution in [3.05, 3.63) is 29.8 Å². The standard InChI is InChI=1S/C14H18F3N/c1-10(9-11-3-2-4-11)18-13-7-5-12(6-8-13)14(15,16)17/h5-8,10-11,18H,2-4,9H2,1H3. The topological polar surface area (TPSA) is 12.0 Å². The van der Waals surface area contributed by atoms with Gasteiger partial charge in [-0.05, 0) is 43.5 Å². The molecule has 0 saturated heterocycles. The largest absolute Gasteiger partial charge is 0.416 e. The first-order valence-electron chi connectivity index (χ1n) is 6.39. The monoisotopic (exact) mass is 257 g/mol. The first kappa shape index (κ1) is 13.2. The second-order valence-corrected chi connectivity index (χ2v) is 5.15. The zero-order chi connectivity index (χ0) is 13.2. The first-order valence-corrected chi connectivity index (χ1v) is 6.39. The Morgan fingerprint density at radius 1 is 1.22 bits per heavy atom. The fraction of sp³-hybridized carbons (Fsp3) is 0.571. The first-order chi connectivity index (χ1) is 8.45. The highest BCUT2D eigenvalue weighted by molar-refractivity contribution is 5.45. The summed E-state index contributed by atoms with van der Waals surface area (Å²) in [5, 5.41) is 3.25. The third-order valence-corrected chi connectivity index (χ3v) is 3.54. The summed E-state index contributed by atoms with van der Waals surface area (Å²) >= 11 is 0. The molecule has 1 aliphatic rings. The van der Waals surface area contributed by atoms with Gasteiger partial charge in [-0.25, -0.2) is 0 Å². The van der Waals surface area contributed by atoms with Crippen LogP contribution in [0.25, 0.3) is 0 Å². The Morgan fingerprint density at radius 2 is 1.83 bits per heavy atom. The van der Waals surface area contributed by atoms with Crippen LogP contribution in [0.3, 0.4) is 0 Å². The van der Waals surface area contributed by atoms with Crippen molar-refractivity contribution in [2.45, 2.75) is 44.8 Å². The molecule has 0 aromatic heterocycles. The molecule has 1 aromatic carbocycles. The van der Waals surface area contributed by atoms with Crippen LogP contribution in [0, 0.1) is 5.92 Å². The quantitative estimate of drug-likeness (QED) is 0.824. The second kappa shape index (κ2) is 5.21. The summed E-state index contributed by atoms with van der Waals surface area (Å²) in [4.78, 5) is 0. The molecule has 1 nitrogen and oxygen atoms in total. The van der Waals surface area contributed by atoms with E-state index >= 15 is 0 Å². The molecule has 0 spiro atoms. The Balaban J connectivity index is 1.89. The molecule has 1 aromatic rings. The zero-order valence-corrected chi connectivity index (χ0v) is 10.4. The van der Waals surface area contributed by atoms with Crippen molar-refractivity contribution in [2.75, 3.05) is 5.32 Å². The molecule has 1 unspecified atom stereocenters. The predicted molar refractivity (Wildman–Crippen MR) is 66.5 cm³/mol. The molecule has 2 rings (SSSR count). The molecular formula is C14H18F3N. The lowest BCUT2D eigenvalue weighted by Crippen LogP contribution is -2.23. The molecule has 0 aliphatic heterocycles. The second-order valence-electron chi connectivity index (χ2n) is 5.15. The minimum Gasteiger partial charge on any atom is -0.383 e. The summed E-state index contributed by atoms with van der Waals surface area (Å²) in [6, 6.07) is 5.56. The van der Waals surface area contributed by atoms with E-state index in [9.17, 15) is 13.2 Å². The van der Waals surface area contributed by atoms with Crippen molar-refractivity contribution < 1.29 is 13.2 Å². The normalized spacial score (nSPS) is 18.2. The van der Waals surface area contributed by atoms with E-state index in [1.807, 2.05) is 0 Å². The zero-order valence-electron chi connectivity index (χ0n) is 10.4. The summed E-state index contributed by atoms with van der Waals surface area (Å²) in [6.07, 6.45) is 0.743. The highest BCUT2D eigenvalue weighted by Gasteiger charge is 2.30. The van der Waals surface area contributed by atoms with Crippen LogP contribution >= 0.6 is 0 Å². The number of hydrogen-bond donors (Lipinski definition) is 1. The van der Waals surface area contributed by atoms with Crippen LogP contribution in [0.2, 0.25) is 0 Å². The van der Waals surface area contributed by atoms with Crippen LogP contribution in [0.4, 0.5) is 18.9 Å². The molecule has 18 heavy (non-hydrogen) atoms. The van der Waals surface area contributed by atoms with Gasteiger partial charge in [-0.15, -0.1) is 0 Å². The van der Waals surface area contributed by atoms with Gasteiger partial charge in [0.25, 0.3) is 0 Å². The predicted octanol–water partition coefficient (Wildman–Crippen LogP) is 4.70. The van der Waals surface area contributed by atoms with E-state index < -0.39 is 11.7 Å². The van der Waals surface area contributed by atoms with Crippen molar-refractivity contribution in [3.63, 3.8) is 0 Å². The van der Waals surface area contributed by atoms with Crippen molar-refractivity contribution >= 4 is 5.69 Å². The number of alkyl halides is 3. The molecular weight excluding hydrogens is 239 g/mol. The van der Waals surface area contributed by atoms with Gasteiger partial charge < -0.3 is 5.32 Å². The maximum absolute atomic E-state index is 12.4. The van der Waals surface area contributed by atoms with Crippen molar-refractivity contribution in [3.8, 4) is 0 Å². The van der Waals surface area contributed by atoms with Crippen LogP contribution in [0.5, 0.6) is 0 Å². The van der Waals surface area contributed by atoms with Gasteiger partial charge in [-0.1, -0.05) is 19.3 Å². The lowest BCUT2D eigenvalue weighted by Gasteiger charge is -2.29. The molecule has 4 heteroatoms. The highest BCUT2D eigenvalue weighted by atomic mass is 19.4. The minimum atomic E-state index is -4.25. The summed E-state index contributed by atoms with van der Waals surface area (Å²) in [6.45, 7) is 2.08. The van der Waals surface area contributed by atoms with Gasteiger partial charge >= 0.3 is 6.18 Å². The minimum absolute atomic E-state index is 0.312. The number of hydrogen-bond acceptors (Lipinski definition) is 1. The van der Waals surface area contributed by atoms with Crippen molar-refractivity contribution in [2.24, 2.45) is 5.92 Å². The number of anilines is 1. The van der Waals surface area contributed by atoms with Gasteiger partial charge in [0.05, 0.1) is 5.56 Å². The van der Waals surface area contributed by atoms with Crippen molar-refractivity contribution in [1.29, 1.82) is 0 Å². The molecule has 0 heterocycles. The van der Waals surface area contributed by atoms with E-state index in [0.717, 1.165) is 30.2 Å². The number of benzene rings is 1. The molecule has 0 radical (unpaired) electrons. The average molecular weight is 257 g/mol. The van der Waals surface area contributed by atoms with E-state index in [1.54, 1.807) is 0 Å². The van der Waals surface area contributed by atoms with Gasteiger partial charge in [0, 0.05) is 11.7 Å². The Bertz CT molecular complexity index is 379. The van der Waals surface area contributed by atoms with Gasteiger partial charge in [0.1, 0.15) is 0 Å². The van der Waals surface area contributed by atoms with Gasteiger partial charge in [-0.2, -0.15) is 13.2 Å². The Hall–Kier alpha value is -1.19. The third kappa shape index (κ3) is 3.40. The molecule has 1 N–H and O–H groups in total. The molecule has 0 amide bonds. The van der Waals surface area contributed by atoms with Crippen LogP contribution in [-0.4, -0.2) is 6.04 Å². The molecule has 1 aliphatic carbocycles. The molecule has 100 valence electrons. The van der Waals surface area contributed by atoms with E-state index in [0.29, 0.717) is 6.04 Å². The summed E-state index contributed by atoms with van der Waals surface area (Å²) in [5.74, 6) is 0.793.